The van der Waals surface area contributed by atoms with E-state index in [4.69, 9.17) is 16.3 Å². The van der Waals surface area contributed by atoms with Crippen molar-refractivity contribution in [1.82, 2.24) is 14.9 Å². The number of benzene rings is 2. The first-order valence-electron chi connectivity index (χ1n) is 12.8. The molecule has 2 heterocycles. The van der Waals surface area contributed by atoms with Crippen LogP contribution in [0.5, 0.6) is 0 Å². The van der Waals surface area contributed by atoms with Crippen LogP contribution < -0.4 is 15.5 Å². The van der Waals surface area contributed by atoms with E-state index in [9.17, 15) is 14.0 Å². The molecule has 1 aliphatic heterocycles. The van der Waals surface area contributed by atoms with Crippen molar-refractivity contribution in [2.45, 2.75) is 26.4 Å². The fourth-order valence-electron chi connectivity index (χ4n) is 4.11. The highest BCUT2D eigenvalue weighted by atomic mass is 35.5. The summed E-state index contributed by atoms with van der Waals surface area (Å²) in [5, 5.41) is 5.31. The zero-order valence-corrected chi connectivity index (χ0v) is 23.4. The van der Waals surface area contributed by atoms with Gasteiger partial charge in [0.1, 0.15) is 17.7 Å². The van der Waals surface area contributed by atoms with Crippen LogP contribution >= 0.6 is 11.6 Å². The minimum atomic E-state index is -0.833. The van der Waals surface area contributed by atoms with E-state index < -0.39 is 23.4 Å². The fourth-order valence-corrected chi connectivity index (χ4v) is 4.29. The maximum absolute atomic E-state index is 14.0. The third-order valence-electron chi connectivity index (χ3n) is 5.97. The number of fused-ring (bicyclic) bond motifs is 1. The maximum atomic E-state index is 14.0. The SMILES string of the molecule is C=CC(=O)Nc1cc2c(N(C(=O)OC(C)(C)C)c3ccc(F)c(Cl)c3)ncnc2cc1C#CCN1CC[NH2+]CC1. The lowest BCUT2D eigenvalue weighted by molar-refractivity contribution is -0.663. The second-order valence-electron chi connectivity index (χ2n) is 10.2. The number of aromatic nitrogens is 2. The molecular weight excluding hydrogens is 535 g/mol. The molecule has 4 rings (SSSR count). The topological polar surface area (TPSA) is 104 Å². The number of hydrogen-bond acceptors (Lipinski definition) is 6. The number of halogens is 2. The molecule has 0 atom stereocenters. The number of amides is 2. The first-order chi connectivity index (χ1) is 19.1. The molecule has 40 heavy (non-hydrogen) atoms. The van der Waals surface area contributed by atoms with Crippen molar-refractivity contribution in [2.24, 2.45) is 0 Å². The van der Waals surface area contributed by atoms with Crippen molar-refractivity contribution in [2.75, 3.05) is 42.9 Å². The Labute approximate surface area is 237 Å². The van der Waals surface area contributed by atoms with Crippen molar-refractivity contribution in [3.8, 4) is 11.8 Å². The monoisotopic (exact) mass is 565 g/mol. The molecule has 11 heteroatoms. The number of carbonyl (C=O) groups excluding carboxylic acids is 2. The molecule has 3 aromatic rings. The number of carbonyl (C=O) groups is 2. The van der Waals surface area contributed by atoms with Gasteiger partial charge in [0.2, 0.25) is 5.91 Å². The summed E-state index contributed by atoms with van der Waals surface area (Å²) >= 11 is 6.06. The van der Waals surface area contributed by atoms with Gasteiger partial charge in [0.05, 0.1) is 47.1 Å². The summed E-state index contributed by atoms with van der Waals surface area (Å²) in [6.45, 7) is 13.3. The molecule has 0 unspecified atom stereocenters. The lowest BCUT2D eigenvalue weighted by Gasteiger charge is -2.27. The highest BCUT2D eigenvalue weighted by molar-refractivity contribution is 6.31. The lowest BCUT2D eigenvalue weighted by Crippen LogP contribution is -2.89. The lowest BCUT2D eigenvalue weighted by atomic mass is 10.1. The molecule has 208 valence electrons. The van der Waals surface area contributed by atoms with Gasteiger partial charge < -0.3 is 15.4 Å². The summed E-state index contributed by atoms with van der Waals surface area (Å²) < 4.78 is 19.7. The highest BCUT2D eigenvalue weighted by Gasteiger charge is 2.28. The first kappa shape index (κ1) is 29.0. The molecule has 1 aromatic heterocycles. The molecule has 1 aliphatic rings. The van der Waals surface area contributed by atoms with Crippen molar-refractivity contribution >= 4 is 51.7 Å². The number of quaternary nitrogens is 1. The molecular formula is C29H31ClFN6O3+. The van der Waals surface area contributed by atoms with Crippen LogP contribution in [0.3, 0.4) is 0 Å². The van der Waals surface area contributed by atoms with E-state index in [-0.39, 0.29) is 16.5 Å². The van der Waals surface area contributed by atoms with E-state index in [0.29, 0.717) is 28.7 Å². The van der Waals surface area contributed by atoms with Gasteiger partial charge >= 0.3 is 6.09 Å². The van der Waals surface area contributed by atoms with Crippen LogP contribution in [0, 0.1) is 17.7 Å². The van der Waals surface area contributed by atoms with E-state index in [1.54, 1.807) is 32.9 Å². The zero-order valence-electron chi connectivity index (χ0n) is 22.6. The maximum Gasteiger partial charge on any atom is 0.420 e. The number of nitrogens with two attached hydrogens (primary N) is 1. The summed E-state index contributed by atoms with van der Waals surface area (Å²) in [6.07, 6.45) is 1.71. The van der Waals surface area contributed by atoms with Crippen LogP contribution in [0.25, 0.3) is 10.9 Å². The molecule has 1 fully saturated rings. The van der Waals surface area contributed by atoms with Gasteiger partial charge in [-0.2, -0.15) is 0 Å². The van der Waals surface area contributed by atoms with E-state index >= 15 is 0 Å². The minimum Gasteiger partial charge on any atom is -0.443 e. The van der Waals surface area contributed by atoms with Crippen LogP contribution in [0.15, 0.2) is 49.3 Å². The van der Waals surface area contributed by atoms with Crippen LogP contribution in [-0.2, 0) is 9.53 Å². The van der Waals surface area contributed by atoms with Crippen LogP contribution in [0.4, 0.5) is 26.4 Å². The van der Waals surface area contributed by atoms with Crippen LogP contribution in [0.1, 0.15) is 26.3 Å². The molecule has 0 bridgehead atoms. The Hall–Kier alpha value is -4.04. The molecule has 2 aromatic carbocycles. The largest absolute Gasteiger partial charge is 0.443 e. The third kappa shape index (κ3) is 7.12. The number of ether oxygens (including phenoxy) is 1. The Morgan fingerprint density at radius 1 is 1.25 bits per heavy atom. The molecule has 0 aliphatic carbocycles. The van der Waals surface area contributed by atoms with Crippen molar-refractivity contribution in [3.63, 3.8) is 0 Å². The molecule has 1 saturated heterocycles. The van der Waals surface area contributed by atoms with Gasteiger partial charge in [0.15, 0.2) is 5.82 Å². The second kappa shape index (κ2) is 12.4. The molecule has 3 N–H and O–H groups in total. The Morgan fingerprint density at radius 3 is 2.67 bits per heavy atom. The Bertz CT molecular complexity index is 1510. The van der Waals surface area contributed by atoms with Gasteiger partial charge in [-0.25, -0.2) is 24.1 Å². The quantitative estimate of drug-likeness (QED) is 0.360. The number of piperazine rings is 1. The predicted octanol–water partition coefficient (Wildman–Crippen LogP) is 3.85. The average molecular weight is 566 g/mol. The standard InChI is InChI=1S/C29H30ClFN6O3/c1-5-26(38)35-24-17-21-25(15-19(24)7-6-12-36-13-10-32-11-14-36)33-18-34-27(21)37(28(39)40-29(2,3)4)20-8-9-23(31)22(30)16-20/h5,8-9,15-18,32H,1,10-14H2,2-4H3,(H,35,38)/p+1. The van der Waals surface area contributed by atoms with Crippen molar-refractivity contribution in [3.05, 3.63) is 65.7 Å². The fraction of sp³-hybridized carbons (Fsp3) is 0.310. The number of anilines is 3. The molecule has 0 spiro atoms. The highest BCUT2D eigenvalue weighted by Crippen LogP contribution is 2.35. The van der Waals surface area contributed by atoms with Crippen molar-refractivity contribution < 1.29 is 24.0 Å². The molecule has 2 amide bonds. The minimum absolute atomic E-state index is 0.153. The number of nitrogens with zero attached hydrogens (tertiary/aromatic N) is 4. The van der Waals surface area contributed by atoms with Crippen LogP contribution in [0.2, 0.25) is 5.02 Å². The first-order valence-corrected chi connectivity index (χ1v) is 13.2. The number of hydrogen-bond donors (Lipinski definition) is 2. The van der Waals surface area contributed by atoms with Gasteiger partial charge in [0.25, 0.3) is 0 Å². The summed E-state index contributed by atoms with van der Waals surface area (Å²) in [6, 6.07) is 7.24. The predicted molar refractivity (Wildman–Crippen MR) is 153 cm³/mol. The van der Waals surface area contributed by atoms with Gasteiger partial charge in [-0.15, -0.1) is 0 Å². The second-order valence-corrected chi connectivity index (χ2v) is 10.6. The Morgan fingerprint density at radius 2 is 2.00 bits per heavy atom. The van der Waals surface area contributed by atoms with Crippen molar-refractivity contribution in [1.29, 1.82) is 0 Å². The normalized spacial score (nSPS) is 13.7. The summed E-state index contributed by atoms with van der Waals surface area (Å²) in [7, 11) is 0. The van der Waals surface area contributed by atoms with E-state index in [0.717, 1.165) is 38.3 Å². The van der Waals surface area contributed by atoms with Gasteiger partial charge in [-0.1, -0.05) is 30.0 Å². The molecule has 9 nitrogen and oxygen atoms in total. The number of rotatable bonds is 5. The van der Waals surface area contributed by atoms with Gasteiger partial charge in [-0.05, 0) is 57.2 Å². The van der Waals surface area contributed by atoms with Crippen LogP contribution in [-0.4, -0.2) is 65.2 Å². The number of nitrogens with one attached hydrogen (secondary N) is 1. The zero-order chi connectivity index (χ0) is 28.9. The van der Waals surface area contributed by atoms with E-state index in [2.05, 4.69) is 43.9 Å². The van der Waals surface area contributed by atoms with E-state index in [1.807, 2.05) is 0 Å². The summed E-state index contributed by atoms with van der Waals surface area (Å²) in [5.41, 5.74) is 0.819. The molecule has 0 saturated carbocycles. The summed E-state index contributed by atoms with van der Waals surface area (Å²) in [4.78, 5) is 38.0. The molecule has 0 radical (unpaired) electrons. The van der Waals surface area contributed by atoms with Gasteiger partial charge in [-0.3, -0.25) is 9.69 Å². The Kier molecular flexibility index (Phi) is 9.00. The van der Waals surface area contributed by atoms with Gasteiger partial charge in [0, 0.05) is 18.5 Å². The average Bonchev–Trinajstić information content (AvgIpc) is 2.91. The summed E-state index contributed by atoms with van der Waals surface area (Å²) in [5.74, 6) is 5.43. The smallest absolute Gasteiger partial charge is 0.420 e. The third-order valence-corrected chi connectivity index (χ3v) is 6.26. The van der Waals surface area contributed by atoms with E-state index in [1.165, 1.54) is 23.4 Å². The Balaban J connectivity index is 1.84.